The van der Waals surface area contributed by atoms with Crippen LogP contribution in [0.2, 0.25) is 0 Å². The van der Waals surface area contributed by atoms with Crippen LogP contribution in [0.1, 0.15) is 77.3 Å². The molecule has 0 radical (unpaired) electrons. The third-order valence-electron chi connectivity index (χ3n) is 8.59. The Hall–Kier alpha value is -3.72. The first-order valence-electron chi connectivity index (χ1n) is 14.8. The molecule has 0 spiro atoms. The summed E-state index contributed by atoms with van der Waals surface area (Å²) in [6.07, 6.45) is 10.5. The van der Waals surface area contributed by atoms with Crippen LogP contribution >= 0.6 is 0 Å². The fraction of sp³-hybridized carbons (Fsp3) is 0.500. The van der Waals surface area contributed by atoms with Gasteiger partial charge in [0.1, 0.15) is 0 Å². The Morgan fingerprint density at radius 3 is 2.46 bits per heavy atom. The molecule has 2 aliphatic rings. The van der Waals surface area contributed by atoms with Gasteiger partial charge in [-0.2, -0.15) is 0 Å². The molecule has 0 bridgehead atoms. The fourth-order valence-electron chi connectivity index (χ4n) is 6.33. The molecule has 1 aliphatic carbocycles. The molecule has 218 valence electrons. The molecule has 9 heteroatoms. The summed E-state index contributed by atoms with van der Waals surface area (Å²) in [4.78, 5) is 40.9. The molecule has 3 heterocycles. The molecule has 2 N–H and O–H groups in total. The normalized spacial score (nSPS) is 15.6. The highest BCUT2D eigenvalue weighted by Gasteiger charge is 2.25. The highest BCUT2D eigenvalue weighted by atomic mass is 16.5. The zero-order valence-electron chi connectivity index (χ0n) is 24.6. The molecule has 1 fully saturated rings. The van der Waals surface area contributed by atoms with E-state index in [4.69, 9.17) is 9.47 Å². The van der Waals surface area contributed by atoms with Crippen LogP contribution in [-0.4, -0.2) is 53.8 Å². The van der Waals surface area contributed by atoms with E-state index in [9.17, 15) is 9.59 Å². The van der Waals surface area contributed by atoms with Crippen molar-refractivity contribution in [3.8, 4) is 17.1 Å². The van der Waals surface area contributed by atoms with Gasteiger partial charge in [0.15, 0.2) is 0 Å². The maximum absolute atomic E-state index is 13.9. The van der Waals surface area contributed by atoms with E-state index in [1.165, 1.54) is 12.7 Å². The van der Waals surface area contributed by atoms with Gasteiger partial charge in [0.2, 0.25) is 0 Å². The van der Waals surface area contributed by atoms with Crippen LogP contribution in [0.5, 0.6) is 6.01 Å². The second-order valence-electron chi connectivity index (χ2n) is 11.0. The van der Waals surface area contributed by atoms with Gasteiger partial charge in [-0.3, -0.25) is 9.59 Å². The number of benzene rings is 1. The Balaban J connectivity index is 1.51. The first-order valence-corrected chi connectivity index (χ1v) is 14.8. The number of H-pyrrole nitrogens is 1. The van der Waals surface area contributed by atoms with Crippen molar-refractivity contribution < 1.29 is 14.3 Å². The molecule has 1 amide bonds. The minimum atomic E-state index is -0.203. The third kappa shape index (κ3) is 6.15. The van der Waals surface area contributed by atoms with Crippen molar-refractivity contribution in [3.63, 3.8) is 0 Å². The average molecular weight is 560 g/mol. The summed E-state index contributed by atoms with van der Waals surface area (Å²) in [6.45, 7) is 8.59. The number of aryl methyl sites for hydroxylation is 1. The van der Waals surface area contributed by atoms with Gasteiger partial charge in [-0.1, -0.05) is 6.42 Å². The lowest BCUT2D eigenvalue weighted by Crippen LogP contribution is -2.40. The van der Waals surface area contributed by atoms with Crippen molar-refractivity contribution >= 4 is 11.6 Å². The summed E-state index contributed by atoms with van der Waals surface area (Å²) < 4.78 is 10.8. The summed E-state index contributed by atoms with van der Waals surface area (Å²) in [7, 11) is 1.53. The Morgan fingerprint density at radius 2 is 1.78 bits per heavy atom. The first-order chi connectivity index (χ1) is 19.9. The Kier molecular flexibility index (Phi) is 9.03. The number of ether oxygens (including phenoxy) is 2. The van der Waals surface area contributed by atoms with Gasteiger partial charge in [0.25, 0.3) is 11.5 Å². The van der Waals surface area contributed by atoms with Crippen molar-refractivity contribution in [2.75, 3.05) is 31.8 Å². The Bertz CT molecular complexity index is 1440. The number of hydrogen-bond acceptors (Lipinski definition) is 7. The van der Waals surface area contributed by atoms with Crippen LogP contribution in [0.3, 0.4) is 0 Å². The minimum absolute atomic E-state index is 0.110. The summed E-state index contributed by atoms with van der Waals surface area (Å²) in [5.74, 6) is -0.203. The molecule has 2 aromatic heterocycles. The van der Waals surface area contributed by atoms with Gasteiger partial charge >= 0.3 is 6.01 Å². The van der Waals surface area contributed by atoms with Crippen LogP contribution in [-0.2, 0) is 24.1 Å². The lowest BCUT2D eigenvalue weighted by molar-refractivity contribution is 0.0846. The number of methoxy groups -OCH3 is 1. The summed E-state index contributed by atoms with van der Waals surface area (Å²) in [5, 5.41) is 3.10. The predicted molar refractivity (Wildman–Crippen MR) is 160 cm³/mol. The highest BCUT2D eigenvalue weighted by molar-refractivity contribution is 5.99. The molecule has 1 aliphatic heterocycles. The molecule has 0 saturated carbocycles. The van der Waals surface area contributed by atoms with E-state index in [0.29, 0.717) is 23.2 Å². The van der Waals surface area contributed by atoms with E-state index in [1.807, 2.05) is 19.9 Å². The van der Waals surface area contributed by atoms with Crippen molar-refractivity contribution in [3.05, 3.63) is 68.4 Å². The number of hydrogen-bond donors (Lipinski definition) is 2. The molecule has 0 unspecified atom stereocenters. The van der Waals surface area contributed by atoms with Crippen LogP contribution in [0.4, 0.5) is 5.69 Å². The fourth-order valence-corrected chi connectivity index (χ4v) is 6.33. The number of carbonyl (C=O) groups excluding carboxylic acids is 1. The predicted octanol–water partition coefficient (Wildman–Crippen LogP) is 4.66. The average Bonchev–Trinajstić information content (AvgIpc) is 3.25. The topological polar surface area (TPSA) is 109 Å². The summed E-state index contributed by atoms with van der Waals surface area (Å²) in [5.41, 5.74) is 8.01. The molecule has 1 saturated heterocycles. The molecular weight excluding hydrogens is 518 g/mol. The SMILES string of the molecule is CCN(c1cc(-c2cnc(OC)nc2)cc(C(=O)NCc2c3c(c(C)[nH]c2=O)CCCCC3)c1C)C1CCOCC1. The number of rotatable bonds is 8. The molecule has 9 nitrogen and oxygen atoms in total. The van der Waals surface area contributed by atoms with E-state index in [0.717, 1.165) is 98.3 Å². The van der Waals surface area contributed by atoms with Gasteiger partial charge in [-0.15, -0.1) is 0 Å². The van der Waals surface area contributed by atoms with E-state index >= 15 is 0 Å². The zero-order chi connectivity index (χ0) is 28.9. The van der Waals surface area contributed by atoms with Crippen LogP contribution in [0.15, 0.2) is 29.3 Å². The van der Waals surface area contributed by atoms with E-state index < -0.39 is 0 Å². The second-order valence-corrected chi connectivity index (χ2v) is 11.0. The van der Waals surface area contributed by atoms with Gasteiger partial charge < -0.3 is 24.7 Å². The first kappa shape index (κ1) is 28.8. The monoisotopic (exact) mass is 559 g/mol. The number of carbonyl (C=O) groups is 1. The minimum Gasteiger partial charge on any atom is -0.467 e. The second kappa shape index (κ2) is 12.9. The lowest BCUT2D eigenvalue weighted by Gasteiger charge is -2.37. The molecular formula is C32H41N5O4. The quantitative estimate of drug-likeness (QED) is 0.386. The Labute approximate surface area is 241 Å². The maximum atomic E-state index is 13.9. The number of nitrogens with zero attached hydrogens (tertiary/aromatic N) is 3. The van der Waals surface area contributed by atoms with Crippen molar-refractivity contribution in [2.24, 2.45) is 0 Å². The third-order valence-corrected chi connectivity index (χ3v) is 8.59. The number of anilines is 1. The molecule has 0 atom stereocenters. The lowest BCUT2D eigenvalue weighted by atomic mass is 9.95. The van der Waals surface area contributed by atoms with Gasteiger partial charge in [0.05, 0.1) is 7.11 Å². The number of aromatic nitrogens is 3. The van der Waals surface area contributed by atoms with Gasteiger partial charge in [-0.25, -0.2) is 9.97 Å². The molecule has 5 rings (SSSR count). The van der Waals surface area contributed by atoms with Crippen LogP contribution in [0.25, 0.3) is 11.1 Å². The summed E-state index contributed by atoms with van der Waals surface area (Å²) in [6, 6.07) is 4.64. The van der Waals surface area contributed by atoms with E-state index in [2.05, 4.69) is 38.2 Å². The van der Waals surface area contributed by atoms with E-state index in [1.54, 1.807) is 12.4 Å². The maximum Gasteiger partial charge on any atom is 0.316 e. The number of amides is 1. The van der Waals surface area contributed by atoms with Crippen LogP contribution < -0.4 is 20.5 Å². The molecule has 1 aromatic carbocycles. The van der Waals surface area contributed by atoms with Crippen molar-refractivity contribution in [1.29, 1.82) is 0 Å². The zero-order valence-corrected chi connectivity index (χ0v) is 24.6. The number of nitrogens with one attached hydrogen (secondary N) is 2. The van der Waals surface area contributed by atoms with Crippen LogP contribution in [0, 0.1) is 13.8 Å². The molecule has 41 heavy (non-hydrogen) atoms. The number of pyridine rings is 1. The van der Waals surface area contributed by atoms with Gasteiger partial charge in [0, 0.05) is 72.8 Å². The smallest absolute Gasteiger partial charge is 0.316 e. The molecule has 3 aromatic rings. The number of aromatic amines is 1. The van der Waals surface area contributed by atoms with E-state index in [-0.39, 0.29) is 18.0 Å². The van der Waals surface area contributed by atoms with Gasteiger partial charge in [-0.05, 0) is 93.7 Å². The standard InChI is InChI=1S/C32H41N5O4/c1-5-37(24-11-13-41-14-12-24)29-16-22(23-17-34-32(40-4)35-18-23)15-27(20(29)2)30(38)33-19-28-26-10-8-6-7-9-25(26)21(3)36-31(28)39/h15-18,24H,5-14,19H2,1-4H3,(H,33,38)(H,36,39). The highest BCUT2D eigenvalue weighted by Crippen LogP contribution is 2.34. The van der Waals surface area contributed by atoms with Crippen molar-refractivity contribution in [1.82, 2.24) is 20.3 Å². The number of fused-ring (bicyclic) bond motifs is 1. The summed E-state index contributed by atoms with van der Waals surface area (Å²) >= 11 is 0. The largest absolute Gasteiger partial charge is 0.467 e. The van der Waals surface area contributed by atoms with Crippen molar-refractivity contribution in [2.45, 2.75) is 78.3 Å². The Morgan fingerprint density at radius 1 is 1.07 bits per heavy atom.